The Morgan fingerprint density at radius 3 is 2.47 bits per heavy atom. The molecule has 7 atom stereocenters. The van der Waals surface area contributed by atoms with Crippen LogP contribution in [0, 0.1) is 50.7 Å². The molecular formula is C26H37NO3. The molecule has 0 spiro atoms. The van der Waals surface area contributed by atoms with E-state index in [0.29, 0.717) is 18.9 Å². The summed E-state index contributed by atoms with van der Waals surface area (Å²) in [5, 5.41) is 10.7. The van der Waals surface area contributed by atoms with Crippen molar-refractivity contribution in [3.8, 4) is 6.07 Å². The molecule has 0 aromatic carbocycles. The molecule has 164 valence electrons. The summed E-state index contributed by atoms with van der Waals surface area (Å²) in [5.41, 5.74) is -0.278. The Kier molecular flexibility index (Phi) is 5.00. The molecule has 0 heterocycles. The van der Waals surface area contributed by atoms with Crippen LogP contribution in [0.5, 0.6) is 0 Å². The molecular weight excluding hydrogens is 374 g/mol. The molecule has 0 aromatic heterocycles. The Balaban J connectivity index is 1.79. The molecule has 4 fully saturated rings. The Morgan fingerprint density at radius 1 is 1.10 bits per heavy atom. The largest absolute Gasteiger partial charge is 0.465 e. The van der Waals surface area contributed by atoms with Gasteiger partial charge in [-0.2, -0.15) is 5.26 Å². The summed E-state index contributed by atoms with van der Waals surface area (Å²) in [6, 6.07) is 2.87. The number of Topliss-reactive ketones (excluding diaryl/α,β-unsaturated/α-hetero) is 1. The summed E-state index contributed by atoms with van der Waals surface area (Å²) >= 11 is 0. The van der Waals surface area contributed by atoms with Crippen molar-refractivity contribution in [2.24, 2.45) is 39.4 Å². The summed E-state index contributed by atoms with van der Waals surface area (Å²) in [6.07, 6.45) is 8.07. The summed E-state index contributed by atoms with van der Waals surface area (Å²) < 4.78 is 5.42. The lowest BCUT2D eigenvalue weighted by molar-refractivity contribution is -0.196. The highest BCUT2D eigenvalue weighted by Crippen LogP contribution is 2.72. The van der Waals surface area contributed by atoms with Crippen LogP contribution in [0.15, 0.2) is 12.2 Å². The Hall–Kier alpha value is -1.63. The van der Waals surface area contributed by atoms with Gasteiger partial charge in [0.15, 0.2) is 0 Å². The predicted octanol–water partition coefficient (Wildman–Crippen LogP) is 5.62. The van der Waals surface area contributed by atoms with Crippen molar-refractivity contribution in [3.05, 3.63) is 12.2 Å². The van der Waals surface area contributed by atoms with Crippen molar-refractivity contribution in [2.45, 2.75) is 85.5 Å². The Bertz CT molecular complexity index is 827. The summed E-state index contributed by atoms with van der Waals surface area (Å²) in [6.45, 7) is 13.0. The lowest BCUT2D eigenvalue weighted by Crippen LogP contribution is -2.65. The predicted molar refractivity (Wildman–Crippen MR) is 115 cm³/mol. The van der Waals surface area contributed by atoms with Crippen molar-refractivity contribution in [1.82, 2.24) is 0 Å². The third-order valence-electron chi connectivity index (χ3n) is 10.3. The molecule has 4 nitrogen and oxygen atoms in total. The fourth-order valence-corrected chi connectivity index (χ4v) is 8.60. The van der Waals surface area contributed by atoms with Gasteiger partial charge in [0, 0.05) is 6.42 Å². The van der Waals surface area contributed by atoms with Gasteiger partial charge >= 0.3 is 5.97 Å². The minimum Gasteiger partial charge on any atom is -0.465 e. The van der Waals surface area contributed by atoms with Crippen LogP contribution >= 0.6 is 0 Å². The van der Waals surface area contributed by atoms with Crippen molar-refractivity contribution < 1.29 is 14.3 Å². The fraction of sp³-hybridized carbons (Fsp3) is 0.808. The van der Waals surface area contributed by atoms with Gasteiger partial charge in [-0.3, -0.25) is 9.59 Å². The highest BCUT2D eigenvalue weighted by molar-refractivity contribution is 6.04. The summed E-state index contributed by atoms with van der Waals surface area (Å²) in [5.74, 6) is 0.174. The van der Waals surface area contributed by atoms with Gasteiger partial charge in [0.1, 0.15) is 11.2 Å². The average molecular weight is 412 g/mol. The highest BCUT2D eigenvalue weighted by atomic mass is 16.5. The molecule has 4 rings (SSSR count). The second-order valence-electron chi connectivity index (χ2n) is 11.2. The lowest BCUT2D eigenvalue weighted by atomic mass is 9.35. The SMILES string of the molecule is C=C1CCC[C@H]2[C@]3(C#N)CC[C@H]4[C@@](C)(C(=O)OCC)C(=O)CC[C@]4(C)[C@H]3CC[C@]12C. The maximum Gasteiger partial charge on any atom is 0.319 e. The standard InChI is InChI=1S/C26H37NO3/c1-6-30-22(29)25(5)18-11-15-26(16-27)19-9-7-8-17(2)23(19,3)13-10-20(26)24(18,4)14-12-21(25)28/h18-20H,2,6-15H2,1,3-5H3/t18-,19-,20-,23-,24+,25-,26-/m1/s1. The van der Waals surface area contributed by atoms with Crippen LogP contribution < -0.4 is 0 Å². The molecule has 30 heavy (non-hydrogen) atoms. The number of ketones is 1. The normalized spacial score (nSPS) is 48.0. The minimum atomic E-state index is -1.08. The van der Waals surface area contributed by atoms with Crippen molar-refractivity contribution >= 4 is 11.8 Å². The van der Waals surface area contributed by atoms with Crippen LogP contribution in [0.25, 0.3) is 0 Å². The number of ether oxygens (including phenoxy) is 1. The zero-order valence-electron chi connectivity index (χ0n) is 19.2. The van der Waals surface area contributed by atoms with Crippen LogP contribution in [0.3, 0.4) is 0 Å². The average Bonchev–Trinajstić information content (AvgIpc) is 2.72. The van der Waals surface area contributed by atoms with E-state index in [1.54, 1.807) is 6.92 Å². The quantitative estimate of drug-likeness (QED) is 0.336. The molecule has 0 aromatic rings. The van der Waals surface area contributed by atoms with Gasteiger partial charge in [0.25, 0.3) is 0 Å². The van der Waals surface area contributed by atoms with Gasteiger partial charge in [0.05, 0.1) is 18.1 Å². The van der Waals surface area contributed by atoms with Crippen molar-refractivity contribution in [3.63, 3.8) is 0 Å². The minimum absolute atomic E-state index is 0.0274. The number of allylic oxidation sites excluding steroid dienone is 1. The summed E-state index contributed by atoms with van der Waals surface area (Å²) in [7, 11) is 0. The molecule has 0 amide bonds. The van der Waals surface area contributed by atoms with Crippen LogP contribution in [-0.2, 0) is 14.3 Å². The van der Waals surface area contributed by atoms with Crippen LogP contribution in [0.2, 0.25) is 0 Å². The van der Waals surface area contributed by atoms with E-state index in [1.165, 1.54) is 5.57 Å². The molecule has 0 N–H and O–H groups in total. The van der Waals surface area contributed by atoms with Gasteiger partial charge in [-0.15, -0.1) is 0 Å². The lowest BCUT2D eigenvalue weighted by Gasteiger charge is -2.67. The van der Waals surface area contributed by atoms with E-state index in [1.807, 2.05) is 6.92 Å². The summed E-state index contributed by atoms with van der Waals surface area (Å²) in [4.78, 5) is 26.1. The molecule has 0 saturated heterocycles. The molecule has 4 saturated carbocycles. The van der Waals surface area contributed by atoms with E-state index in [-0.39, 0.29) is 39.8 Å². The number of carbonyl (C=O) groups is 2. The van der Waals surface area contributed by atoms with E-state index < -0.39 is 5.41 Å². The van der Waals surface area contributed by atoms with E-state index >= 15 is 0 Å². The highest BCUT2D eigenvalue weighted by Gasteiger charge is 2.70. The Labute approximate surface area is 181 Å². The number of nitriles is 1. The zero-order chi connectivity index (χ0) is 21.9. The van der Waals surface area contributed by atoms with Gasteiger partial charge in [0.2, 0.25) is 0 Å². The molecule has 0 unspecified atom stereocenters. The Morgan fingerprint density at radius 2 is 1.80 bits per heavy atom. The number of nitrogens with zero attached hydrogens (tertiary/aromatic N) is 1. The third-order valence-corrected chi connectivity index (χ3v) is 10.3. The van der Waals surface area contributed by atoms with E-state index in [2.05, 4.69) is 26.5 Å². The maximum atomic E-state index is 13.1. The number of carbonyl (C=O) groups excluding carboxylic acids is 2. The second-order valence-corrected chi connectivity index (χ2v) is 11.2. The number of rotatable bonds is 2. The second kappa shape index (κ2) is 6.94. The van der Waals surface area contributed by atoms with Crippen molar-refractivity contribution in [2.75, 3.05) is 6.61 Å². The first-order valence-electron chi connectivity index (χ1n) is 11.9. The smallest absolute Gasteiger partial charge is 0.319 e. The van der Waals surface area contributed by atoms with E-state index in [9.17, 15) is 14.9 Å². The third kappa shape index (κ3) is 2.50. The van der Waals surface area contributed by atoms with Crippen LogP contribution in [0.1, 0.15) is 85.5 Å². The topological polar surface area (TPSA) is 67.2 Å². The molecule has 4 aliphatic carbocycles. The van der Waals surface area contributed by atoms with Gasteiger partial charge < -0.3 is 4.74 Å². The number of fused-ring (bicyclic) bond motifs is 5. The first-order chi connectivity index (χ1) is 14.1. The fourth-order valence-electron chi connectivity index (χ4n) is 8.60. The monoisotopic (exact) mass is 411 g/mol. The first-order valence-corrected chi connectivity index (χ1v) is 11.9. The zero-order valence-corrected chi connectivity index (χ0v) is 19.2. The van der Waals surface area contributed by atoms with Gasteiger partial charge in [-0.05, 0) is 93.8 Å². The number of hydrogen-bond acceptors (Lipinski definition) is 4. The molecule has 0 aliphatic heterocycles. The molecule has 0 radical (unpaired) electrons. The first kappa shape index (κ1) is 21.6. The van der Waals surface area contributed by atoms with Gasteiger partial charge in [-0.1, -0.05) is 26.0 Å². The maximum absolute atomic E-state index is 13.1. The molecule has 4 aliphatic rings. The van der Waals surface area contributed by atoms with E-state index in [0.717, 1.165) is 51.4 Å². The van der Waals surface area contributed by atoms with Crippen LogP contribution in [0.4, 0.5) is 0 Å². The van der Waals surface area contributed by atoms with Gasteiger partial charge in [-0.25, -0.2) is 0 Å². The molecule has 4 heteroatoms. The number of hydrogen-bond donors (Lipinski definition) is 0. The van der Waals surface area contributed by atoms with Crippen molar-refractivity contribution in [1.29, 1.82) is 5.26 Å². The van der Waals surface area contributed by atoms with E-state index in [4.69, 9.17) is 4.74 Å². The molecule has 0 bridgehead atoms. The number of esters is 1. The van der Waals surface area contributed by atoms with Crippen LogP contribution in [-0.4, -0.2) is 18.4 Å².